The van der Waals surface area contributed by atoms with Gasteiger partial charge in [-0.2, -0.15) is 0 Å². The lowest BCUT2D eigenvalue weighted by Crippen LogP contribution is -2.21. The summed E-state index contributed by atoms with van der Waals surface area (Å²) < 4.78 is 0. The predicted octanol–water partition coefficient (Wildman–Crippen LogP) is 1.55. The van der Waals surface area contributed by atoms with Crippen molar-refractivity contribution in [2.75, 3.05) is 18.5 Å². The summed E-state index contributed by atoms with van der Waals surface area (Å²) in [4.78, 5) is 6.20. The van der Waals surface area contributed by atoms with Gasteiger partial charge in [-0.1, -0.05) is 12.2 Å². The lowest BCUT2D eigenvalue weighted by atomic mass is 10.2. The highest BCUT2D eigenvalue weighted by atomic mass is 15.1. The standard InChI is InChI=1S/C11H17N3/c1-9(2)8-14(3)11-7-13-5-4-10(11)6-12/h4-5,7H,1,6,8,12H2,2-3H3. The highest BCUT2D eigenvalue weighted by Gasteiger charge is 2.05. The minimum absolute atomic E-state index is 0.540. The summed E-state index contributed by atoms with van der Waals surface area (Å²) in [7, 11) is 2.02. The molecule has 0 aromatic carbocycles. The van der Waals surface area contributed by atoms with Crippen LogP contribution in [-0.4, -0.2) is 18.6 Å². The van der Waals surface area contributed by atoms with Crippen LogP contribution in [0.2, 0.25) is 0 Å². The van der Waals surface area contributed by atoms with E-state index in [4.69, 9.17) is 5.73 Å². The van der Waals surface area contributed by atoms with Crippen LogP contribution in [0.3, 0.4) is 0 Å². The second-order valence-corrected chi connectivity index (χ2v) is 3.52. The number of hydrogen-bond acceptors (Lipinski definition) is 3. The fourth-order valence-corrected chi connectivity index (χ4v) is 1.42. The van der Waals surface area contributed by atoms with E-state index in [0.29, 0.717) is 6.54 Å². The van der Waals surface area contributed by atoms with Gasteiger partial charge >= 0.3 is 0 Å². The van der Waals surface area contributed by atoms with Crippen molar-refractivity contribution in [1.82, 2.24) is 4.98 Å². The second-order valence-electron chi connectivity index (χ2n) is 3.52. The van der Waals surface area contributed by atoms with Gasteiger partial charge in [-0.15, -0.1) is 0 Å². The van der Waals surface area contributed by atoms with Crippen molar-refractivity contribution in [3.63, 3.8) is 0 Å². The molecule has 0 aliphatic carbocycles. The average Bonchev–Trinajstić information content (AvgIpc) is 2.16. The molecular weight excluding hydrogens is 174 g/mol. The molecular formula is C11H17N3. The number of nitrogens with zero attached hydrogens (tertiary/aromatic N) is 2. The van der Waals surface area contributed by atoms with E-state index in [1.807, 2.05) is 26.2 Å². The van der Waals surface area contributed by atoms with Gasteiger partial charge in [0.2, 0.25) is 0 Å². The molecule has 0 aliphatic rings. The molecule has 1 aromatic heterocycles. The zero-order valence-electron chi connectivity index (χ0n) is 8.83. The van der Waals surface area contributed by atoms with Crippen molar-refractivity contribution in [3.8, 4) is 0 Å². The van der Waals surface area contributed by atoms with Crippen LogP contribution in [0.5, 0.6) is 0 Å². The number of aromatic nitrogens is 1. The predicted molar refractivity (Wildman–Crippen MR) is 60.2 cm³/mol. The topological polar surface area (TPSA) is 42.2 Å². The van der Waals surface area contributed by atoms with Crippen LogP contribution in [-0.2, 0) is 6.54 Å². The Hall–Kier alpha value is -1.35. The molecule has 0 saturated heterocycles. The molecule has 3 nitrogen and oxygen atoms in total. The summed E-state index contributed by atoms with van der Waals surface area (Å²) in [6, 6.07) is 1.95. The second kappa shape index (κ2) is 4.77. The van der Waals surface area contributed by atoms with Gasteiger partial charge in [-0.3, -0.25) is 4.98 Å². The first-order chi connectivity index (χ1) is 6.65. The Balaban J connectivity index is 2.87. The molecule has 1 rings (SSSR count). The highest BCUT2D eigenvalue weighted by molar-refractivity contribution is 5.51. The van der Waals surface area contributed by atoms with Crippen LogP contribution in [0.1, 0.15) is 12.5 Å². The van der Waals surface area contributed by atoms with Gasteiger partial charge in [0.1, 0.15) is 0 Å². The molecule has 0 unspecified atom stereocenters. The summed E-state index contributed by atoms with van der Waals surface area (Å²) in [6.07, 6.45) is 3.60. The Morgan fingerprint density at radius 2 is 2.36 bits per heavy atom. The van der Waals surface area contributed by atoms with Crippen molar-refractivity contribution in [2.24, 2.45) is 5.73 Å². The van der Waals surface area contributed by atoms with Crippen LogP contribution in [0, 0.1) is 0 Å². The van der Waals surface area contributed by atoms with Crippen molar-refractivity contribution >= 4 is 5.69 Å². The van der Waals surface area contributed by atoms with Gasteiger partial charge in [-0.05, 0) is 18.6 Å². The van der Waals surface area contributed by atoms with E-state index in [0.717, 1.165) is 23.4 Å². The lowest BCUT2D eigenvalue weighted by molar-refractivity contribution is 0.945. The van der Waals surface area contributed by atoms with Gasteiger partial charge in [0.05, 0.1) is 11.9 Å². The number of likely N-dealkylation sites (N-methyl/N-ethyl adjacent to an activating group) is 1. The molecule has 0 bridgehead atoms. The first-order valence-electron chi connectivity index (χ1n) is 4.63. The molecule has 0 spiro atoms. The molecule has 76 valence electrons. The number of pyridine rings is 1. The third kappa shape index (κ3) is 2.57. The Labute approximate surface area is 85.3 Å². The van der Waals surface area contributed by atoms with Gasteiger partial charge in [0.15, 0.2) is 0 Å². The van der Waals surface area contributed by atoms with Gasteiger partial charge < -0.3 is 10.6 Å². The minimum atomic E-state index is 0.540. The quantitative estimate of drug-likeness (QED) is 0.734. The molecule has 0 aliphatic heterocycles. The molecule has 0 atom stereocenters. The molecule has 0 fully saturated rings. The molecule has 1 aromatic rings. The SMILES string of the molecule is C=C(C)CN(C)c1cnccc1CN. The lowest BCUT2D eigenvalue weighted by Gasteiger charge is -2.21. The first-order valence-corrected chi connectivity index (χ1v) is 4.63. The molecule has 3 heteroatoms. The Bertz CT molecular complexity index is 320. The third-order valence-corrected chi connectivity index (χ3v) is 2.03. The van der Waals surface area contributed by atoms with E-state index in [1.165, 1.54) is 0 Å². The number of nitrogens with two attached hydrogens (primary N) is 1. The normalized spacial score (nSPS) is 9.93. The number of rotatable bonds is 4. The van der Waals surface area contributed by atoms with Crippen LogP contribution in [0.4, 0.5) is 5.69 Å². The number of anilines is 1. The zero-order chi connectivity index (χ0) is 10.6. The third-order valence-electron chi connectivity index (χ3n) is 2.03. The Morgan fingerprint density at radius 1 is 1.64 bits per heavy atom. The van der Waals surface area contributed by atoms with Crippen LogP contribution < -0.4 is 10.6 Å². The molecule has 0 amide bonds. The molecule has 14 heavy (non-hydrogen) atoms. The largest absolute Gasteiger partial charge is 0.369 e. The highest BCUT2D eigenvalue weighted by Crippen LogP contribution is 2.17. The maximum Gasteiger partial charge on any atom is 0.0598 e. The molecule has 0 radical (unpaired) electrons. The molecule has 1 heterocycles. The summed E-state index contributed by atoms with van der Waals surface area (Å²) in [5.74, 6) is 0. The summed E-state index contributed by atoms with van der Waals surface area (Å²) >= 11 is 0. The van der Waals surface area contributed by atoms with Crippen molar-refractivity contribution < 1.29 is 0 Å². The maximum absolute atomic E-state index is 5.64. The van der Waals surface area contributed by atoms with Crippen LogP contribution in [0.25, 0.3) is 0 Å². The monoisotopic (exact) mass is 191 g/mol. The van der Waals surface area contributed by atoms with E-state index in [1.54, 1.807) is 6.20 Å². The zero-order valence-corrected chi connectivity index (χ0v) is 8.83. The fourth-order valence-electron chi connectivity index (χ4n) is 1.42. The van der Waals surface area contributed by atoms with Crippen LogP contribution in [0.15, 0.2) is 30.6 Å². The summed E-state index contributed by atoms with van der Waals surface area (Å²) in [5.41, 5.74) is 8.96. The summed E-state index contributed by atoms with van der Waals surface area (Å²) in [5, 5.41) is 0. The van der Waals surface area contributed by atoms with Crippen molar-refractivity contribution in [1.29, 1.82) is 0 Å². The van der Waals surface area contributed by atoms with E-state index in [9.17, 15) is 0 Å². The average molecular weight is 191 g/mol. The van der Waals surface area contributed by atoms with Gasteiger partial charge in [0, 0.05) is 26.3 Å². The van der Waals surface area contributed by atoms with Gasteiger partial charge in [0.25, 0.3) is 0 Å². The maximum atomic E-state index is 5.64. The van der Waals surface area contributed by atoms with E-state index < -0.39 is 0 Å². The van der Waals surface area contributed by atoms with Gasteiger partial charge in [-0.25, -0.2) is 0 Å². The first kappa shape index (κ1) is 10.7. The molecule has 0 saturated carbocycles. The fraction of sp³-hybridized carbons (Fsp3) is 0.364. The van der Waals surface area contributed by atoms with Crippen molar-refractivity contribution in [3.05, 3.63) is 36.2 Å². The summed E-state index contributed by atoms with van der Waals surface area (Å²) in [6.45, 7) is 7.26. The Kier molecular flexibility index (Phi) is 3.65. The van der Waals surface area contributed by atoms with E-state index in [2.05, 4.69) is 16.5 Å². The Morgan fingerprint density at radius 3 is 2.93 bits per heavy atom. The van der Waals surface area contributed by atoms with E-state index in [-0.39, 0.29) is 0 Å². The number of hydrogen-bond donors (Lipinski definition) is 1. The van der Waals surface area contributed by atoms with E-state index >= 15 is 0 Å². The van der Waals surface area contributed by atoms with Crippen molar-refractivity contribution in [2.45, 2.75) is 13.5 Å². The minimum Gasteiger partial charge on any atom is -0.369 e. The molecule has 2 N–H and O–H groups in total. The smallest absolute Gasteiger partial charge is 0.0598 e. The van der Waals surface area contributed by atoms with Crippen LogP contribution >= 0.6 is 0 Å².